The van der Waals surface area contributed by atoms with E-state index in [1.54, 1.807) is 0 Å². The average Bonchev–Trinajstić information content (AvgIpc) is 3.31. The Bertz CT molecular complexity index is 1010. The summed E-state index contributed by atoms with van der Waals surface area (Å²) < 4.78 is 10.8. The van der Waals surface area contributed by atoms with E-state index in [9.17, 15) is 4.79 Å². The van der Waals surface area contributed by atoms with Crippen molar-refractivity contribution in [1.29, 1.82) is 0 Å². The highest BCUT2D eigenvalue weighted by molar-refractivity contribution is 6.07. The molecule has 1 aromatic heterocycles. The number of hydrogen-bond acceptors (Lipinski definition) is 5. The zero-order valence-corrected chi connectivity index (χ0v) is 17.6. The third-order valence-electron chi connectivity index (χ3n) is 5.78. The van der Waals surface area contributed by atoms with Crippen LogP contribution in [0.25, 0.3) is 22.0 Å². The second-order valence-corrected chi connectivity index (χ2v) is 7.74. The standard InChI is InChI=1S/C25H28N2O3/c1-3-27(15-18-13-14-30-17-18)16-22-24(25(28)29-2)23(19-9-5-4-6-10-19)20-11-7-8-12-21(20)26-22/h4-12,18H,3,13-17H2,1-2H3. The molecule has 1 aliphatic rings. The van der Waals surface area contributed by atoms with Gasteiger partial charge in [0.1, 0.15) is 0 Å². The van der Waals surface area contributed by atoms with Crippen molar-refractivity contribution in [2.75, 3.05) is 33.4 Å². The molecule has 1 fully saturated rings. The van der Waals surface area contributed by atoms with E-state index in [0.29, 0.717) is 18.0 Å². The molecule has 0 radical (unpaired) electrons. The van der Waals surface area contributed by atoms with E-state index in [4.69, 9.17) is 14.5 Å². The zero-order chi connectivity index (χ0) is 20.9. The molecule has 1 aliphatic heterocycles. The zero-order valence-electron chi connectivity index (χ0n) is 17.6. The molecule has 0 amide bonds. The molecule has 0 spiro atoms. The number of nitrogens with zero attached hydrogens (tertiary/aromatic N) is 2. The van der Waals surface area contributed by atoms with Crippen LogP contribution in [0.5, 0.6) is 0 Å². The van der Waals surface area contributed by atoms with E-state index in [0.717, 1.165) is 60.4 Å². The number of para-hydroxylation sites is 1. The largest absolute Gasteiger partial charge is 0.465 e. The molecule has 0 saturated carbocycles. The molecule has 2 heterocycles. The molecular weight excluding hydrogens is 376 g/mol. The normalized spacial score (nSPS) is 16.3. The minimum absolute atomic E-state index is 0.345. The molecule has 5 nitrogen and oxygen atoms in total. The maximum Gasteiger partial charge on any atom is 0.340 e. The summed E-state index contributed by atoms with van der Waals surface area (Å²) in [5.74, 6) is 0.183. The maximum absolute atomic E-state index is 13.0. The fraction of sp³-hybridized carbons (Fsp3) is 0.360. The summed E-state index contributed by atoms with van der Waals surface area (Å²) >= 11 is 0. The highest BCUT2D eigenvalue weighted by Gasteiger charge is 2.25. The number of fused-ring (bicyclic) bond motifs is 1. The van der Waals surface area contributed by atoms with Crippen molar-refractivity contribution >= 4 is 16.9 Å². The third-order valence-corrected chi connectivity index (χ3v) is 5.78. The molecule has 1 atom stereocenters. The Kier molecular flexibility index (Phi) is 6.41. The van der Waals surface area contributed by atoms with Gasteiger partial charge in [0.2, 0.25) is 0 Å². The lowest BCUT2D eigenvalue weighted by molar-refractivity contribution is 0.0598. The summed E-state index contributed by atoms with van der Waals surface area (Å²) in [4.78, 5) is 20.2. The third kappa shape index (κ3) is 4.23. The second-order valence-electron chi connectivity index (χ2n) is 7.74. The molecule has 2 aromatic carbocycles. The van der Waals surface area contributed by atoms with E-state index in [2.05, 4.69) is 11.8 Å². The van der Waals surface area contributed by atoms with Crippen LogP contribution in [0.3, 0.4) is 0 Å². The van der Waals surface area contributed by atoms with Crippen LogP contribution in [0.15, 0.2) is 54.6 Å². The lowest BCUT2D eigenvalue weighted by Crippen LogP contribution is -2.30. The first-order chi connectivity index (χ1) is 14.7. The predicted octanol–water partition coefficient (Wildman–Crippen LogP) is 4.55. The summed E-state index contributed by atoms with van der Waals surface area (Å²) in [6, 6.07) is 18.0. The Labute approximate surface area is 177 Å². The Hall–Kier alpha value is -2.76. The van der Waals surface area contributed by atoms with Crippen molar-refractivity contribution in [3.63, 3.8) is 0 Å². The number of benzene rings is 2. The summed E-state index contributed by atoms with van der Waals surface area (Å²) in [5.41, 5.74) is 4.09. The number of carbonyl (C=O) groups excluding carboxylic acids is 1. The predicted molar refractivity (Wildman–Crippen MR) is 118 cm³/mol. The lowest BCUT2D eigenvalue weighted by atomic mass is 9.93. The van der Waals surface area contributed by atoms with Gasteiger partial charge < -0.3 is 9.47 Å². The number of carbonyl (C=O) groups is 1. The minimum Gasteiger partial charge on any atom is -0.465 e. The number of pyridine rings is 1. The van der Waals surface area contributed by atoms with Crippen LogP contribution < -0.4 is 0 Å². The number of esters is 1. The van der Waals surface area contributed by atoms with Crippen molar-refractivity contribution in [3.8, 4) is 11.1 Å². The van der Waals surface area contributed by atoms with Gasteiger partial charge in [-0.15, -0.1) is 0 Å². The Morgan fingerprint density at radius 3 is 2.63 bits per heavy atom. The van der Waals surface area contributed by atoms with Gasteiger partial charge in [0.05, 0.1) is 30.5 Å². The molecule has 3 aromatic rings. The van der Waals surface area contributed by atoms with Crippen molar-refractivity contribution in [2.45, 2.75) is 19.9 Å². The summed E-state index contributed by atoms with van der Waals surface area (Å²) in [5, 5.41) is 0.958. The van der Waals surface area contributed by atoms with Crippen LogP contribution >= 0.6 is 0 Å². The number of hydrogen-bond donors (Lipinski definition) is 0. The molecule has 0 bridgehead atoms. The smallest absolute Gasteiger partial charge is 0.340 e. The van der Waals surface area contributed by atoms with Crippen molar-refractivity contribution in [3.05, 3.63) is 65.9 Å². The fourth-order valence-corrected chi connectivity index (χ4v) is 4.21. The Morgan fingerprint density at radius 1 is 1.17 bits per heavy atom. The second kappa shape index (κ2) is 9.37. The SMILES string of the molecule is CCN(Cc1nc2ccccc2c(-c2ccccc2)c1C(=O)OC)CC1CCOC1. The van der Waals surface area contributed by atoms with Gasteiger partial charge in [-0.25, -0.2) is 4.79 Å². The quantitative estimate of drug-likeness (QED) is 0.541. The molecule has 1 saturated heterocycles. The van der Waals surface area contributed by atoms with Gasteiger partial charge in [-0.1, -0.05) is 55.5 Å². The van der Waals surface area contributed by atoms with Crippen LogP contribution in [0.2, 0.25) is 0 Å². The average molecular weight is 405 g/mol. The van der Waals surface area contributed by atoms with Gasteiger partial charge in [0.25, 0.3) is 0 Å². The molecule has 1 unspecified atom stereocenters. The molecule has 30 heavy (non-hydrogen) atoms. The summed E-state index contributed by atoms with van der Waals surface area (Å²) in [7, 11) is 1.43. The van der Waals surface area contributed by atoms with Gasteiger partial charge in [-0.2, -0.15) is 0 Å². The molecule has 4 rings (SSSR count). The van der Waals surface area contributed by atoms with Gasteiger partial charge >= 0.3 is 5.97 Å². The first-order valence-corrected chi connectivity index (χ1v) is 10.6. The first kappa shape index (κ1) is 20.5. The van der Waals surface area contributed by atoms with Gasteiger partial charge in [0.15, 0.2) is 0 Å². The van der Waals surface area contributed by atoms with Gasteiger partial charge in [-0.3, -0.25) is 9.88 Å². The fourth-order valence-electron chi connectivity index (χ4n) is 4.21. The van der Waals surface area contributed by atoms with Crippen molar-refractivity contribution in [2.24, 2.45) is 5.92 Å². The van der Waals surface area contributed by atoms with E-state index in [1.165, 1.54) is 7.11 Å². The van der Waals surface area contributed by atoms with Crippen LogP contribution in [-0.4, -0.2) is 49.3 Å². The highest BCUT2D eigenvalue weighted by atomic mass is 16.5. The van der Waals surface area contributed by atoms with Crippen LogP contribution in [0.1, 0.15) is 29.4 Å². The number of rotatable bonds is 7. The lowest BCUT2D eigenvalue weighted by Gasteiger charge is -2.25. The molecule has 0 N–H and O–H groups in total. The van der Waals surface area contributed by atoms with Crippen molar-refractivity contribution < 1.29 is 14.3 Å². The van der Waals surface area contributed by atoms with E-state index in [-0.39, 0.29) is 5.97 Å². The summed E-state index contributed by atoms with van der Waals surface area (Å²) in [6.07, 6.45) is 1.08. The van der Waals surface area contributed by atoms with E-state index < -0.39 is 0 Å². The monoisotopic (exact) mass is 404 g/mol. The van der Waals surface area contributed by atoms with Crippen LogP contribution in [-0.2, 0) is 16.0 Å². The van der Waals surface area contributed by atoms with E-state index >= 15 is 0 Å². The summed E-state index contributed by atoms with van der Waals surface area (Å²) in [6.45, 7) is 6.20. The Morgan fingerprint density at radius 2 is 1.93 bits per heavy atom. The van der Waals surface area contributed by atoms with Gasteiger partial charge in [0, 0.05) is 30.6 Å². The van der Waals surface area contributed by atoms with Crippen molar-refractivity contribution in [1.82, 2.24) is 9.88 Å². The first-order valence-electron chi connectivity index (χ1n) is 10.6. The topological polar surface area (TPSA) is 51.7 Å². The minimum atomic E-state index is -0.345. The molecule has 156 valence electrons. The molecular formula is C25H28N2O3. The number of aromatic nitrogens is 1. The van der Waals surface area contributed by atoms with E-state index in [1.807, 2.05) is 54.6 Å². The van der Waals surface area contributed by atoms with Gasteiger partial charge in [-0.05, 0) is 30.5 Å². The molecule has 5 heteroatoms. The highest BCUT2D eigenvalue weighted by Crippen LogP contribution is 2.34. The Balaban J connectivity index is 1.84. The van der Waals surface area contributed by atoms with Crippen LogP contribution in [0.4, 0.5) is 0 Å². The number of ether oxygens (including phenoxy) is 2. The molecule has 0 aliphatic carbocycles. The van der Waals surface area contributed by atoms with Crippen LogP contribution in [0, 0.1) is 5.92 Å². The number of methoxy groups -OCH3 is 1. The maximum atomic E-state index is 13.0.